The maximum Gasteiger partial charge on any atom is 0.343 e. The third-order valence-corrected chi connectivity index (χ3v) is 5.78. The number of fused-ring (bicyclic) bond motifs is 1. The average molecular weight is 581 g/mol. The molecule has 0 radical (unpaired) electrons. The second kappa shape index (κ2) is 11.4. The van der Waals surface area contributed by atoms with Gasteiger partial charge in [0.25, 0.3) is 5.56 Å². The van der Waals surface area contributed by atoms with Crippen LogP contribution in [0.3, 0.4) is 0 Å². The van der Waals surface area contributed by atoms with Crippen molar-refractivity contribution in [2.75, 3.05) is 20.3 Å². The van der Waals surface area contributed by atoms with E-state index < -0.39 is 5.97 Å². The number of carbonyl (C=O) groups excluding carboxylic acids is 1. The molecule has 33 heavy (non-hydrogen) atoms. The standard InChI is InChI=1S/C23H23Br2N3O5/c1-4-6-21-27-18-8-7-15(24)10-16(18)23(30)28(21)26-12-14-9-19(32-5-2)20(11-17(14)25)33-13-22(29)31-3/h7-12H,4-6,13H2,1-3H3. The maximum atomic E-state index is 13.2. The molecule has 0 fully saturated rings. The highest BCUT2D eigenvalue weighted by Gasteiger charge is 2.14. The first kappa shape index (κ1) is 24.9. The molecule has 10 heteroatoms. The van der Waals surface area contributed by atoms with Crippen molar-refractivity contribution in [3.63, 3.8) is 0 Å². The third-order valence-electron chi connectivity index (χ3n) is 4.60. The molecule has 1 heterocycles. The average Bonchev–Trinajstić information content (AvgIpc) is 2.80. The second-order valence-electron chi connectivity index (χ2n) is 6.92. The topological polar surface area (TPSA) is 92.0 Å². The van der Waals surface area contributed by atoms with Crippen molar-refractivity contribution in [2.24, 2.45) is 5.10 Å². The largest absolute Gasteiger partial charge is 0.490 e. The van der Waals surface area contributed by atoms with Gasteiger partial charge in [-0.1, -0.05) is 22.9 Å². The highest BCUT2D eigenvalue weighted by molar-refractivity contribution is 9.10. The molecule has 0 amide bonds. The Morgan fingerprint density at radius 2 is 1.91 bits per heavy atom. The van der Waals surface area contributed by atoms with Crippen LogP contribution in [0.25, 0.3) is 10.9 Å². The van der Waals surface area contributed by atoms with Crippen molar-refractivity contribution in [2.45, 2.75) is 26.7 Å². The summed E-state index contributed by atoms with van der Waals surface area (Å²) in [5.74, 6) is 0.894. The first-order valence-corrected chi connectivity index (χ1v) is 11.9. The van der Waals surface area contributed by atoms with Crippen molar-refractivity contribution >= 4 is 54.9 Å². The Labute approximate surface area is 207 Å². The van der Waals surface area contributed by atoms with Gasteiger partial charge in [-0.25, -0.2) is 9.78 Å². The molecular weight excluding hydrogens is 558 g/mol. The molecule has 0 unspecified atom stereocenters. The van der Waals surface area contributed by atoms with Gasteiger partial charge in [-0.3, -0.25) is 4.79 Å². The van der Waals surface area contributed by atoms with Crippen molar-refractivity contribution < 1.29 is 19.0 Å². The zero-order chi connectivity index (χ0) is 24.0. The van der Waals surface area contributed by atoms with E-state index in [0.717, 1.165) is 10.9 Å². The minimum absolute atomic E-state index is 0.245. The van der Waals surface area contributed by atoms with Gasteiger partial charge in [-0.15, -0.1) is 0 Å². The van der Waals surface area contributed by atoms with Crippen LogP contribution < -0.4 is 15.0 Å². The van der Waals surface area contributed by atoms with E-state index in [1.165, 1.54) is 11.8 Å². The lowest BCUT2D eigenvalue weighted by Gasteiger charge is -2.13. The van der Waals surface area contributed by atoms with Crippen LogP contribution in [0.5, 0.6) is 11.5 Å². The van der Waals surface area contributed by atoms with Crippen LogP contribution in [0.1, 0.15) is 31.7 Å². The van der Waals surface area contributed by atoms with Crippen LogP contribution in [0.4, 0.5) is 0 Å². The highest BCUT2D eigenvalue weighted by atomic mass is 79.9. The van der Waals surface area contributed by atoms with Gasteiger partial charge in [0, 0.05) is 20.9 Å². The molecule has 0 aliphatic rings. The molecule has 1 aromatic heterocycles. The van der Waals surface area contributed by atoms with Gasteiger partial charge < -0.3 is 14.2 Å². The number of hydrogen-bond acceptors (Lipinski definition) is 7. The van der Waals surface area contributed by atoms with Gasteiger partial charge in [0.1, 0.15) is 5.82 Å². The molecule has 0 aliphatic heterocycles. The second-order valence-corrected chi connectivity index (χ2v) is 8.69. The number of nitrogens with zero attached hydrogens (tertiary/aromatic N) is 3. The van der Waals surface area contributed by atoms with Gasteiger partial charge in [0.15, 0.2) is 18.1 Å². The van der Waals surface area contributed by atoms with E-state index >= 15 is 0 Å². The van der Waals surface area contributed by atoms with Crippen molar-refractivity contribution in [1.82, 2.24) is 9.66 Å². The SMILES string of the molecule is CCCc1nc2ccc(Br)cc2c(=O)n1N=Cc1cc(OCC)c(OCC(=O)OC)cc1Br. The predicted molar refractivity (Wildman–Crippen MR) is 134 cm³/mol. The number of benzene rings is 2. The Hall–Kier alpha value is -2.72. The van der Waals surface area contributed by atoms with Crippen molar-refractivity contribution in [3.8, 4) is 11.5 Å². The summed E-state index contributed by atoms with van der Waals surface area (Å²) in [7, 11) is 1.29. The summed E-state index contributed by atoms with van der Waals surface area (Å²) in [4.78, 5) is 29.2. The molecule has 0 aliphatic carbocycles. The lowest BCUT2D eigenvalue weighted by atomic mass is 10.2. The van der Waals surface area contributed by atoms with Gasteiger partial charge in [-0.05, 0) is 59.6 Å². The van der Waals surface area contributed by atoms with Crippen LogP contribution in [-0.2, 0) is 16.0 Å². The smallest absolute Gasteiger partial charge is 0.343 e. The Kier molecular flexibility index (Phi) is 8.62. The van der Waals surface area contributed by atoms with E-state index in [1.807, 2.05) is 26.0 Å². The van der Waals surface area contributed by atoms with E-state index in [9.17, 15) is 9.59 Å². The van der Waals surface area contributed by atoms with Crippen molar-refractivity contribution in [3.05, 3.63) is 61.0 Å². The number of carbonyl (C=O) groups is 1. The molecule has 3 aromatic rings. The first-order chi connectivity index (χ1) is 15.9. The number of aromatic nitrogens is 2. The number of hydrogen-bond donors (Lipinski definition) is 0. The van der Waals surface area contributed by atoms with E-state index in [4.69, 9.17) is 9.47 Å². The number of aryl methyl sites for hydroxylation is 1. The Morgan fingerprint density at radius 3 is 2.61 bits per heavy atom. The molecule has 2 aromatic carbocycles. The summed E-state index contributed by atoms with van der Waals surface area (Å²) < 4.78 is 18.6. The Morgan fingerprint density at radius 1 is 1.15 bits per heavy atom. The highest BCUT2D eigenvalue weighted by Crippen LogP contribution is 2.33. The van der Waals surface area contributed by atoms with Crippen LogP contribution in [0.2, 0.25) is 0 Å². The number of rotatable bonds is 9. The third kappa shape index (κ3) is 6.00. The number of methoxy groups -OCH3 is 1. The van der Waals surface area contributed by atoms with Crippen molar-refractivity contribution in [1.29, 1.82) is 0 Å². The van der Waals surface area contributed by atoms with Gasteiger partial charge in [0.05, 0.1) is 30.8 Å². The molecule has 0 N–H and O–H groups in total. The Bertz CT molecular complexity index is 1260. The summed E-state index contributed by atoms with van der Waals surface area (Å²) in [5.41, 5.74) is 1.04. The number of halogens is 2. The quantitative estimate of drug-likeness (QED) is 0.269. The molecule has 0 atom stereocenters. The summed E-state index contributed by atoms with van der Waals surface area (Å²) in [6, 6.07) is 8.81. The zero-order valence-corrected chi connectivity index (χ0v) is 21.6. The van der Waals surface area contributed by atoms with Crippen LogP contribution >= 0.6 is 31.9 Å². The number of esters is 1. The van der Waals surface area contributed by atoms with Gasteiger partial charge in [-0.2, -0.15) is 9.78 Å². The molecule has 0 saturated carbocycles. The summed E-state index contributed by atoms with van der Waals surface area (Å²) in [6.45, 7) is 4.01. The maximum absolute atomic E-state index is 13.2. The summed E-state index contributed by atoms with van der Waals surface area (Å²) >= 11 is 6.90. The summed E-state index contributed by atoms with van der Waals surface area (Å²) in [5, 5.41) is 4.93. The number of ether oxygens (including phenoxy) is 3. The lowest BCUT2D eigenvalue weighted by molar-refractivity contribution is -0.142. The molecule has 174 valence electrons. The Balaban J connectivity index is 2.04. The fourth-order valence-corrected chi connectivity index (χ4v) is 3.83. The predicted octanol–water partition coefficient (Wildman–Crippen LogP) is 4.71. The van der Waals surface area contributed by atoms with E-state index in [1.54, 1.807) is 24.4 Å². The fourth-order valence-electron chi connectivity index (χ4n) is 3.05. The van der Waals surface area contributed by atoms with Crippen LogP contribution in [-0.4, -0.2) is 42.2 Å². The fraction of sp³-hybridized carbons (Fsp3) is 0.304. The van der Waals surface area contributed by atoms with Crippen LogP contribution in [0, 0.1) is 0 Å². The van der Waals surface area contributed by atoms with E-state index in [0.29, 0.717) is 51.3 Å². The first-order valence-electron chi connectivity index (χ1n) is 10.3. The molecule has 8 nitrogen and oxygen atoms in total. The summed E-state index contributed by atoms with van der Waals surface area (Å²) in [6.07, 6.45) is 2.97. The lowest BCUT2D eigenvalue weighted by Crippen LogP contribution is -2.22. The van der Waals surface area contributed by atoms with Gasteiger partial charge in [0.2, 0.25) is 0 Å². The minimum atomic E-state index is -0.502. The molecule has 3 rings (SSSR count). The van der Waals surface area contributed by atoms with E-state index in [2.05, 4.69) is 46.7 Å². The van der Waals surface area contributed by atoms with Crippen LogP contribution in [0.15, 0.2) is 49.2 Å². The monoisotopic (exact) mass is 579 g/mol. The molecule has 0 spiro atoms. The van der Waals surface area contributed by atoms with E-state index in [-0.39, 0.29) is 12.2 Å². The van der Waals surface area contributed by atoms with Gasteiger partial charge >= 0.3 is 5.97 Å². The normalized spacial score (nSPS) is 11.2. The minimum Gasteiger partial charge on any atom is -0.490 e. The zero-order valence-electron chi connectivity index (χ0n) is 18.4. The molecule has 0 bridgehead atoms. The molecular formula is C23H23Br2N3O5. The molecule has 0 saturated heterocycles.